The van der Waals surface area contributed by atoms with Gasteiger partial charge in [0.25, 0.3) is 0 Å². The second-order valence-corrected chi connectivity index (χ2v) is 8.49. The average molecular weight is 388 g/mol. The average Bonchev–Trinajstić information content (AvgIpc) is 2.73. The monoisotopic (exact) mass is 388 g/mol. The molecule has 1 aliphatic rings. The third-order valence-electron chi connectivity index (χ3n) is 4.85. The van der Waals surface area contributed by atoms with Gasteiger partial charge in [0.1, 0.15) is 0 Å². The van der Waals surface area contributed by atoms with Gasteiger partial charge < -0.3 is 10.4 Å². The topological polar surface area (TPSA) is 86.7 Å². The Balaban J connectivity index is 1.93. The summed E-state index contributed by atoms with van der Waals surface area (Å²) in [4.78, 5) is 12.6. The standard InChI is InChI=1S/C20H24N2O4S/c23-14-13-21-20(24)17-11-12-19(16-7-3-1-4-8-16)22(15-17)27(25,26)18-9-5-2-6-10-18/h1-10,17,19,23H,11-15H2,(H,21,24)/t17-,19-/m1/s1. The number of sulfonamides is 1. The minimum absolute atomic E-state index is 0.119. The molecule has 2 aromatic rings. The van der Waals surface area contributed by atoms with Crippen molar-refractivity contribution in [1.82, 2.24) is 9.62 Å². The molecule has 27 heavy (non-hydrogen) atoms. The van der Waals surface area contributed by atoms with Gasteiger partial charge in [0.15, 0.2) is 0 Å². The third kappa shape index (κ3) is 4.37. The number of piperidine rings is 1. The molecule has 2 atom stereocenters. The van der Waals surface area contributed by atoms with Gasteiger partial charge in [-0.25, -0.2) is 8.42 Å². The highest BCUT2D eigenvalue weighted by atomic mass is 32.2. The molecule has 6 nitrogen and oxygen atoms in total. The highest BCUT2D eigenvalue weighted by Crippen LogP contribution is 2.37. The Morgan fingerprint density at radius 3 is 2.30 bits per heavy atom. The highest BCUT2D eigenvalue weighted by molar-refractivity contribution is 7.89. The van der Waals surface area contributed by atoms with E-state index in [4.69, 9.17) is 5.11 Å². The summed E-state index contributed by atoms with van der Waals surface area (Å²) in [5, 5.41) is 11.6. The first kappa shape index (κ1) is 19.5. The van der Waals surface area contributed by atoms with Crippen LogP contribution in [0.3, 0.4) is 0 Å². The molecule has 1 amide bonds. The summed E-state index contributed by atoms with van der Waals surface area (Å²) in [6.07, 6.45) is 1.16. The van der Waals surface area contributed by atoms with Gasteiger partial charge in [-0.15, -0.1) is 0 Å². The second kappa shape index (κ2) is 8.65. The van der Waals surface area contributed by atoms with Crippen LogP contribution in [0.4, 0.5) is 0 Å². The van der Waals surface area contributed by atoms with Gasteiger partial charge in [-0.05, 0) is 30.5 Å². The number of carbonyl (C=O) groups is 1. The lowest BCUT2D eigenvalue weighted by Crippen LogP contribution is -2.47. The van der Waals surface area contributed by atoms with Gasteiger partial charge in [0.05, 0.1) is 23.5 Å². The first-order valence-electron chi connectivity index (χ1n) is 9.04. The van der Waals surface area contributed by atoms with Gasteiger partial charge in [0, 0.05) is 13.1 Å². The van der Waals surface area contributed by atoms with Crippen LogP contribution in [0, 0.1) is 5.92 Å². The zero-order valence-electron chi connectivity index (χ0n) is 15.0. The van der Waals surface area contributed by atoms with Gasteiger partial charge >= 0.3 is 0 Å². The number of hydrogen-bond acceptors (Lipinski definition) is 4. The third-order valence-corrected chi connectivity index (χ3v) is 6.74. The fourth-order valence-electron chi connectivity index (χ4n) is 3.48. The molecule has 144 valence electrons. The molecule has 0 unspecified atom stereocenters. The van der Waals surface area contributed by atoms with Crippen LogP contribution in [-0.4, -0.2) is 43.4 Å². The molecule has 2 N–H and O–H groups in total. The van der Waals surface area contributed by atoms with Crippen molar-refractivity contribution in [3.63, 3.8) is 0 Å². The summed E-state index contributed by atoms with van der Waals surface area (Å²) < 4.78 is 28.1. The maximum Gasteiger partial charge on any atom is 0.243 e. The quantitative estimate of drug-likeness (QED) is 0.792. The van der Waals surface area contributed by atoms with Crippen molar-refractivity contribution in [3.8, 4) is 0 Å². The summed E-state index contributed by atoms with van der Waals surface area (Å²) >= 11 is 0. The number of carbonyl (C=O) groups excluding carboxylic acids is 1. The highest BCUT2D eigenvalue weighted by Gasteiger charge is 2.39. The van der Waals surface area contributed by atoms with E-state index in [1.807, 2.05) is 30.3 Å². The minimum atomic E-state index is -3.74. The molecule has 1 saturated heterocycles. The molecule has 0 spiro atoms. The van der Waals surface area contributed by atoms with Crippen molar-refractivity contribution < 1.29 is 18.3 Å². The summed E-state index contributed by atoms with van der Waals surface area (Å²) in [5.74, 6) is -0.654. The summed E-state index contributed by atoms with van der Waals surface area (Å²) in [5.41, 5.74) is 0.922. The molecule has 0 saturated carbocycles. The molecular weight excluding hydrogens is 364 g/mol. The predicted octanol–water partition coefficient (Wildman–Crippen LogP) is 1.94. The Labute approximate surface area is 159 Å². The van der Waals surface area contributed by atoms with Crippen LogP contribution in [0.2, 0.25) is 0 Å². The number of benzene rings is 2. The van der Waals surface area contributed by atoms with Crippen LogP contribution in [0.25, 0.3) is 0 Å². The molecule has 0 aliphatic carbocycles. The lowest BCUT2D eigenvalue weighted by Gasteiger charge is -2.38. The van der Waals surface area contributed by atoms with Gasteiger partial charge in [-0.2, -0.15) is 4.31 Å². The van der Waals surface area contributed by atoms with Gasteiger partial charge in [-0.1, -0.05) is 48.5 Å². The molecule has 3 rings (SSSR count). The Morgan fingerprint density at radius 2 is 1.67 bits per heavy atom. The van der Waals surface area contributed by atoms with Crippen LogP contribution in [0.15, 0.2) is 65.6 Å². The number of aliphatic hydroxyl groups is 1. The molecular formula is C20H24N2O4S. The fraction of sp³-hybridized carbons (Fsp3) is 0.350. The van der Waals surface area contributed by atoms with Crippen LogP contribution < -0.4 is 5.32 Å². The number of rotatable bonds is 6. The smallest absolute Gasteiger partial charge is 0.243 e. The predicted molar refractivity (Wildman–Crippen MR) is 102 cm³/mol. The molecule has 0 radical (unpaired) electrons. The Hall–Kier alpha value is -2.22. The van der Waals surface area contributed by atoms with Crippen molar-refractivity contribution in [3.05, 3.63) is 66.2 Å². The maximum absolute atomic E-state index is 13.3. The van der Waals surface area contributed by atoms with Crippen molar-refractivity contribution >= 4 is 15.9 Å². The van der Waals surface area contributed by atoms with Crippen LogP contribution in [0.5, 0.6) is 0 Å². The molecule has 1 aliphatic heterocycles. The van der Waals surface area contributed by atoms with Crippen molar-refractivity contribution in [2.75, 3.05) is 19.7 Å². The zero-order valence-corrected chi connectivity index (χ0v) is 15.8. The summed E-state index contributed by atoms with van der Waals surface area (Å²) in [7, 11) is -3.74. The normalized spacial score (nSPS) is 20.9. The number of nitrogens with one attached hydrogen (secondary N) is 1. The van der Waals surface area contributed by atoms with Crippen LogP contribution >= 0.6 is 0 Å². The van der Waals surface area contributed by atoms with E-state index in [2.05, 4.69) is 5.32 Å². The van der Waals surface area contributed by atoms with E-state index in [9.17, 15) is 13.2 Å². The summed E-state index contributed by atoms with van der Waals surface area (Å²) in [6, 6.07) is 17.5. The van der Waals surface area contributed by atoms with E-state index >= 15 is 0 Å². The summed E-state index contributed by atoms with van der Waals surface area (Å²) in [6.45, 7) is 0.147. The fourth-order valence-corrected chi connectivity index (χ4v) is 5.19. The second-order valence-electron chi connectivity index (χ2n) is 6.60. The molecule has 1 fully saturated rings. The lowest BCUT2D eigenvalue weighted by atomic mass is 9.90. The van der Waals surface area contributed by atoms with Gasteiger partial charge in [0.2, 0.25) is 15.9 Å². The number of hydrogen-bond donors (Lipinski definition) is 2. The number of amides is 1. The van der Waals surface area contributed by atoms with Crippen LogP contribution in [-0.2, 0) is 14.8 Å². The van der Waals surface area contributed by atoms with E-state index in [1.165, 1.54) is 4.31 Å². The zero-order chi connectivity index (χ0) is 19.3. The Bertz CT molecular complexity index is 856. The Kier molecular flexibility index (Phi) is 6.26. The van der Waals surface area contributed by atoms with E-state index in [0.29, 0.717) is 12.8 Å². The molecule has 7 heteroatoms. The van der Waals surface area contributed by atoms with E-state index in [0.717, 1.165) is 5.56 Å². The van der Waals surface area contributed by atoms with Crippen molar-refractivity contribution in [2.45, 2.75) is 23.8 Å². The molecule has 0 aromatic heterocycles. The largest absolute Gasteiger partial charge is 0.395 e. The Morgan fingerprint density at radius 1 is 1.04 bits per heavy atom. The first-order chi connectivity index (χ1) is 13.0. The minimum Gasteiger partial charge on any atom is -0.395 e. The first-order valence-corrected chi connectivity index (χ1v) is 10.5. The lowest BCUT2D eigenvalue weighted by molar-refractivity contribution is -0.126. The van der Waals surface area contributed by atoms with Gasteiger partial charge in [-0.3, -0.25) is 4.79 Å². The number of aliphatic hydroxyl groups excluding tert-OH is 1. The maximum atomic E-state index is 13.3. The van der Waals surface area contributed by atoms with E-state index < -0.39 is 15.9 Å². The molecule has 1 heterocycles. The van der Waals surface area contributed by atoms with Crippen molar-refractivity contribution in [1.29, 1.82) is 0 Å². The van der Waals surface area contributed by atoms with Crippen LogP contribution in [0.1, 0.15) is 24.4 Å². The molecule has 0 bridgehead atoms. The molecule has 2 aromatic carbocycles. The van der Waals surface area contributed by atoms with Crippen molar-refractivity contribution in [2.24, 2.45) is 5.92 Å². The number of nitrogens with zero attached hydrogens (tertiary/aromatic N) is 1. The van der Waals surface area contributed by atoms with E-state index in [1.54, 1.807) is 30.3 Å². The SMILES string of the molecule is O=C(NCCO)[C@@H]1CC[C@H](c2ccccc2)N(S(=O)(=O)c2ccccc2)C1. The van der Waals surface area contributed by atoms with E-state index in [-0.39, 0.29) is 36.5 Å².